The molecule has 4 atom stereocenters. The van der Waals surface area contributed by atoms with Crippen molar-refractivity contribution < 1.29 is 9.59 Å². The van der Waals surface area contributed by atoms with E-state index in [1.807, 2.05) is 24.3 Å². The molecule has 0 aromatic heterocycles. The summed E-state index contributed by atoms with van der Waals surface area (Å²) in [6.45, 7) is 0. The Kier molecular flexibility index (Phi) is 7.49. The molecule has 4 nitrogen and oxygen atoms in total. The van der Waals surface area contributed by atoms with Crippen LogP contribution in [0.1, 0.15) is 64.2 Å². The summed E-state index contributed by atoms with van der Waals surface area (Å²) in [5, 5.41) is 6.42. The summed E-state index contributed by atoms with van der Waals surface area (Å²) in [5.41, 5.74) is 1.68. The van der Waals surface area contributed by atoms with Crippen molar-refractivity contribution >= 4 is 70.2 Å². The van der Waals surface area contributed by atoms with Gasteiger partial charge < -0.3 is 10.6 Å². The lowest BCUT2D eigenvalue weighted by molar-refractivity contribution is -0.123. The van der Waals surface area contributed by atoms with Crippen LogP contribution in [0.3, 0.4) is 0 Å². The SMILES string of the molecule is O=C(Nc1ccc(NC(=O)C2CC3CCCC(C2)C32SCCS2)cc1)C1CC2CCCC(C1)C21SCCS1. The van der Waals surface area contributed by atoms with E-state index >= 15 is 0 Å². The van der Waals surface area contributed by atoms with Crippen molar-refractivity contribution in [3.63, 3.8) is 0 Å². The van der Waals surface area contributed by atoms with E-state index in [0.717, 1.165) is 37.1 Å². The van der Waals surface area contributed by atoms with Crippen molar-refractivity contribution in [3.8, 4) is 0 Å². The first-order valence-electron chi connectivity index (χ1n) is 14.8. The first-order valence-corrected chi connectivity index (χ1v) is 18.8. The number of carbonyl (C=O) groups excluding carboxylic acids is 2. The van der Waals surface area contributed by atoms with Gasteiger partial charge in [0.2, 0.25) is 11.8 Å². The molecule has 1 aromatic rings. The van der Waals surface area contributed by atoms with Crippen molar-refractivity contribution in [1.29, 1.82) is 0 Å². The summed E-state index contributed by atoms with van der Waals surface area (Å²) in [5.74, 6) is 8.46. The van der Waals surface area contributed by atoms with Crippen LogP contribution < -0.4 is 10.6 Å². The Morgan fingerprint density at radius 1 is 0.579 bits per heavy atom. The summed E-state index contributed by atoms with van der Waals surface area (Å²) >= 11 is 8.78. The van der Waals surface area contributed by atoms with Gasteiger partial charge in [-0.2, -0.15) is 0 Å². The van der Waals surface area contributed by atoms with Crippen molar-refractivity contribution in [2.75, 3.05) is 33.6 Å². The Morgan fingerprint density at radius 3 is 1.21 bits per heavy atom. The van der Waals surface area contributed by atoms with Gasteiger partial charge in [-0.05, 0) is 99.3 Å². The largest absolute Gasteiger partial charge is 0.326 e. The molecule has 4 aliphatic carbocycles. The lowest BCUT2D eigenvalue weighted by atomic mass is 9.67. The van der Waals surface area contributed by atoms with Crippen LogP contribution in [0.4, 0.5) is 11.4 Å². The molecule has 2 saturated heterocycles. The minimum atomic E-state index is 0.127. The molecule has 2 aliphatic heterocycles. The van der Waals surface area contributed by atoms with Crippen LogP contribution in [-0.4, -0.2) is 43.0 Å². The molecule has 4 saturated carbocycles. The first-order chi connectivity index (χ1) is 18.6. The second kappa shape index (κ2) is 10.8. The molecule has 2 N–H and O–H groups in total. The van der Waals surface area contributed by atoms with Gasteiger partial charge in [0.25, 0.3) is 0 Å². The molecule has 1 aromatic carbocycles. The fraction of sp³-hybridized carbons (Fsp3) is 0.733. The third-order valence-electron chi connectivity index (χ3n) is 10.4. The Balaban J connectivity index is 0.946. The third kappa shape index (κ3) is 4.65. The highest BCUT2D eigenvalue weighted by molar-refractivity contribution is 8.21. The smallest absolute Gasteiger partial charge is 0.227 e. The van der Waals surface area contributed by atoms with Crippen LogP contribution >= 0.6 is 47.0 Å². The van der Waals surface area contributed by atoms with Gasteiger partial charge in [-0.3, -0.25) is 9.59 Å². The summed E-state index contributed by atoms with van der Waals surface area (Å²) in [7, 11) is 0. The number of anilines is 2. The predicted molar refractivity (Wildman–Crippen MR) is 166 cm³/mol. The average Bonchev–Trinajstić information content (AvgIpc) is 3.56. The number of rotatable bonds is 4. The van der Waals surface area contributed by atoms with Crippen molar-refractivity contribution in [2.45, 2.75) is 72.4 Å². The monoisotopic (exact) mass is 588 g/mol. The summed E-state index contributed by atoms with van der Waals surface area (Å²) in [4.78, 5) is 26.6. The molecule has 4 bridgehead atoms. The molecule has 6 aliphatic rings. The predicted octanol–water partition coefficient (Wildman–Crippen LogP) is 7.57. The maximum Gasteiger partial charge on any atom is 0.227 e. The van der Waals surface area contributed by atoms with Crippen LogP contribution in [0, 0.1) is 35.5 Å². The van der Waals surface area contributed by atoms with Crippen molar-refractivity contribution in [1.82, 2.24) is 0 Å². The Bertz CT molecular complexity index is 938. The first kappa shape index (κ1) is 26.5. The Labute approximate surface area is 244 Å². The minimum absolute atomic E-state index is 0.127. The van der Waals surface area contributed by atoms with Gasteiger partial charge >= 0.3 is 0 Å². The molecule has 6 fully saturated rings. The zero-order valence-corrected chi connectivity index (χ0v) is 25.4. The number of carbonyl (C=O) groups is 2. The lowest BCUT2D eigenvalue weighted by Crippen LogP contribution is -2.48. The van der Waals surface area contributed by atoms with E-state index in [4.69, 9.17) is 0 Å². The number of amides is 2. The van der Waals surface area contributed by atoms with Crippen LogP contribution in [-0.2, 0) is 9.59 Å². The van der Waals surface area contributed by atoms with Gasteiger partial charge in [0.05, 0.1) is 8.16 Å². The standard InChI is InChI=1S/C30H40N2O2S4/c33-27(19-15-21-3-1-4-22(16-19)29(21)35-11-12-36-29)31-25-7-9-26(10-8-25)32-28(34)20-17-23-5-2-6-24(18-20)30(23)37-13-14-38-30/h7-10,19-24H,1-6,11-18H2,(H,31,33)(H,32,34). The molecule has 2 spiro atoms. The van der Waals surface area contributed by atoms with Gasteiger partial charge in [0.15, 0.2) is 0 Å². The number of hydrogen-bond donors (Lipinski definition) is 2. The minimum Gasteiger partial charge on any atom is -0.326 e. The van der Waals surface area contributed by atoms with Gasteiger partial charge in [-0.15, -0.1) is 47.0 Å². The normalized spacial score (nSPS) is 36.7. The Hall–Kier alpha value is -0.440. The molecule has 2 amide bonds. The van der Waals surface area contributed by atoms with E-state index in [1.165, 1.54) is 61.5 Å². The molecule has 2 heterocycles. The Morgan fingerprint density at radius 2 is 0.895 bits per heavy atom. The number of thioether (sulfide) groups is 4. The molecular formula is C30H40N2O2S4. The maximum atomic E-state index is 13.3. The van der Waals surface area contributed by atoms with Crippen LogP contribution in [0.2, 0.25) is 0 Å². The quantitative estimate of drug-likeness (QED) is 0.378. The highest BCUT2D eigenvalue weighted by Gasteiger charge is 2.56. The lowest BCUT2D eigenvalue weighted by Gasteiger charge is -2.52. The summed E-state index contributed by atoms with van der Waals surface area (Å²) < 4.78 is 0.808. The van der Waals surface area contributed by atoms with Gasteiger partial charge in [0, 0.05) is 46.2 Å². The topological polar surface area (TPSA) is 58.2 Å². The van der Waals surface area contributed by atoms with E-state index in [0.29, 0.717) is 31.8 Å². The molecule has 8 heteroatoms. The van der Waals surface area contributed by atoms with E-state index in [2.05, 4.69) is 57.7 Å². The molecule has 206 valence electrons. The van der Waals surface area contributed by atoms with Crippen LogP contribution in [0.25, 0.3) is 0 Å². The fourth-order valence-electron chi connectivity index (χ4n) is 8.77. The van der Waals surface area contributed by atoms with Crippen LogP contribution in [0.5, 0.6) is 0 Å². The molecule has 4 unspecified atom stereocenters. The highest BCUT2D eigenvalue weighted by atomic mass is 32.2. The average molecular weight is 589 g/mol. The summed E-state index contributed by atoms with van der Waals surface area (Å²) in [6, 6.07) is 7.82. The second-order valence-electron chi connectivity index (χ2n) is 12.4. The van der Waals surface area contributed by atoms with Gasteiger partial charge in [0.1, 0.15) is 0 Å². The van der Waals surface area contributed by atoms with Crippen LogP contribution in [0.15, 0.2) is 24.3 Å². The summed E-state index contributed by atoms with van der Waals surface area (Å²) in [6.07, 6.45) is 12.0. The molecular weight excluding hydrogens is 549 g/mol. The number of hydrogen-bond acceptors (Lipinski definition) is 6. The van der Waals surface area contributed by atoms with E-state index in [-0.39, 0.29) is 23.7 Å². The van der Waals surface area contributed by atoms with E-state index < -0.39 is 0 Å². The second-order valence-corrected chi connectivity index (χ2v) is 18.4. The molecule has 38 heavy (non-hydrogen) atoms. The zero-order chi connectivity index (χ0) is 25.7. The zero-order valence-electron chi connectivity index (χ0n) is 22.1. The maximum absolute atomic E-state index is 13.3. The fourth-order valence-corrected chi connectivity index (χ4v) is 16.6. The van der Waals surface area contributed by atoms with Gasteiger partial charge in [-0.25, -0.2) is 0 Å². The van der Waals surface area contributed by atoms with Gasteiger partial charge in [-0.1, -0.05) is 12.8 Å². The molecule has 7 rings (SSSR count). The van der Waals surface area contributed by atoms with Crippen molar-refractivity contribution in [3.05, 3.63) is 24.3 Å². The number of benzene rings is 1. The molecule has 0 radical (unpaired) electrons. The van der Waals surface area contributed by atoms with Crippen molar-refractivity contribution in [2.24, 2.45) is 35.5 Å². The highest BCUT2D eigenvalue weighted by Crippen LogP contribution is 2.65. The third-order valence-corrected chi connectivity index (χ3v) is 18.4. The van der Waals surface area contributed by atoms with E-state index in [1.54, 1.807) is 0 Å². The van der Waals surface area contributed by atoms with E-state index in [9.17, 15) is 9.59 Å². The number of nitrogens with one attached hydrogen (secondary N) is 2.